The van der Waals surface area contributed by atoms with Crippen LogP contribution in [-0.4, -0.2) is 16.3 Å². The number of aldehydes is 1. The van der Waals surface area contributed by atoms with Gasteiger partial charge in [0.2, 0.25) is 0 Å². The average molecular weight is 234 g/mol. The van der Waals surface area contributed by atoms with Gasteiger partial charge in [-0.2, -0.15) is 0 Å². The van der Waals surface area contributed by atoms with Crippen molar-refractivity contribution in [2.75, 3.05) is 0 Å². The van der Waals surface area contributed by atoms with Gasteiger partial charge in [0, 0.05) is 12.0 Å². The number of hydrogen-bond donors (Lipinski definition) is 1. The van der Waals surface area contributed by atoms with Gasteiger partial charge in [-0.05, 0) is 13.0 Å². The summed E-state index contributed by atoms with van der Waals surface area (Å²) in [6.07, 6.45) is 7.42. The summed E-state index contributed by atoms with van der Waals surface area (Å²) in [6, 6.07) is 0. The molecule has 1 aromatic heterocycles. The van der Waals surface area contributed by atoms with Gasteiger partial charge in [-0.1, -0.05) is 19.9 Å². The van der Waals surface area contributed by atoms with Gasteiger partial charge in [0.25, 0.3) is 0 Å². The highest BCUT2D eigenvalue weighted by atomic mass is 16.5. The van der Waals surface area contributed by atoms with Crippen LogP contribution in [0.15, 0.2) is 30.2 Å². The van der Waals surface area contributed by atoms with Crippen LogP contribution in [0.25, 0.3) is 0 Å². The lowest BCUT2D eigenvalue weighted by molar-refractivity contribution is -0.104. The fourth-order valence-corrected chi connectivity index (χ4v) is 1.29. The highest BCUT2D eigenvalue weighted by Gasteiger charge is 2.04. The summed E-state index contributed by atoms with van der Waals surface area (Å²) in [6.45, 7) is 6.39. The van der Waals surface area contributed by atoms with Gasteiger partial charge < -0.3 is 9.72 Å². The van der Waals surface area contributed by atoms with Crippen LogP contribution < -0.4 is 0 Å². The molecule has 0 fully saturated rings. The van der Waals surface area contributed by atoms with Crippen molar-refractivity contribution in [3.63, 3.8) is 0 Å². The molecule has 0 aliphatic heterocycles. The SMILES string of the molecule is C/C=C\C(=C/C=O)OCc1cnc(C(C)C)[nH]1. The molecule has 0 atom stereocenters. The van der Waals surface area contributed by atoms with E-state index >= 15 is 0 Å². The van der Waals surface area contributed by atoms with Gasteiger partial charge >= 0.3 is 0 Å². The van der Waals surface area contributed by atoms with Crippen molar-refractivity contribution in [3.8, 4) is 0 Å². The van der Waals surface area contributed by atoms with Crippen molar-refractivity contribution in [1.82, 2.24) is 9.97 Å². The highest BCUT2D eigenvalue weighted by molar-refractivity contribution is 5.66. The molecule has 0 amide bonds. The fraction of sp³-hybridized carbons (Fsp3) is 0.385. The van der Waals surface area contributed by atoms with Gasteiger partial charge in [0.15, 0.2) is 0 Å². The Morgan fingerprint density at radius 3 is 2.88 bits per heavy atom. The monoisotopic (exact) mass is 234 g/mol. The second-order valence-electron chi connectivity index (χ2n) is 3.94. The second kappa shape index (κ2) is 6.68. The lowest BCUT2D eigenvalue weighted by atomic mass is 10.2. The fourth-order valence-electron chi connectivity index (χ4n) is 1.29. The summed E-state index contributed by atoms with van der Waals surface area (Å²) in [5.74, 6) is 1.85. The van der Waals surface area contributed by atoms with E-state index in [2.05, 4.69) is 23.8 Å². The third-order valence-electron chi connectivity index (χ3n) is 2.15. The third-order valence-corrected chi connectivity index (χ3v) is 2.15. The molecule has 4 heteroatoms. The Bertz CT molecular complexity index is 417. The molecule has 17 heavy (non-hydrogen) atoms. The summed E-state index contributed by atoms with van der Waals surface area (Å²) in [7, 11) is 0. The molecule has 0 saturated heterocycles. The first kappa shape index (κ1) is 13.2. The largest absolute Gasteiger partial charge is 0.487 e. The predicted octanol–water partition coefficient (Wildman–Crippen LogP) is 2.71. The molecule has 92 valence electrons. The molecule has 0 aromatic carbocycles. The summed E-state index contributed by atoms with van der Waals surface area (Å²) in [5.41, 5.74) is 0.898. The van der Waals surface area contributed by atoms with Crippen molar-refractivity contribution in [2.24, 2.45) is 0 Å². The Kier molecular flexibility index (Phi) is 5.20. The number of nitrogens with one attached hydrogen (secondary N) is 1. The number of carbonyl (C=O) groups excluding carboxylic acids is 1. The van der Waals surface area contributed by atoms with Crippen molar-refractivity contribution in [2.45, 2.75) is 33.3 Å². The Hall–Kier alpha value is -1.84. The molecule has 0 radical (unpaired) electrons. The zero-order valence-corrected chi connectivity index (χ0v) is 10.4. The molecular formula is C13H18N2O2. The highest BCUT2D eigenvalue weighted by Crippen LogP contribution is 2.11. The molecule has 1 rings (SSSR count). The van der Waals surface area contributed by atoms with Gasteiger partial charge in [0.05, 0.1) is 11.9 Å². The Balaban J connectivity index is 2.59. The molecule has 0 spiro atoms. The van der Waals surface area contributed by atoms with Crippen LogP contribution in [0.1, 0.15) is 38.2 Å². The van der Waals surface area contributed by atoms with E-state index in [0.717, 1.165) is 11.5 Å². The van der Waals surface area contributed by atoms with Crippen LogP contribution in [0.2, 0.25) is 0 Å². The van der Waals surface area contributed by atoms with E-state index in [1.165, 1.54) is 6.08 Å². The summed E-state index contributed by atoms with van der Waals surface area (Å²) in [4.78, 5) is 17.8. The van der Waals surface area contributed by atoms with E-state index in [9.17, 15) is 4.79 Å². The minimum atomic E-state index is 0.365. The first-order valence-corrected chi connectivity index (χ1v) is 5.62. The summed E-state index contributed by atoms with van der Waals surface area (Å²) >= 11 is 0. The molecule has 0 saturated carbocycles. The molecule has 1 heterocycles. The molecule has 0 bridgehead atoms. The molecule has 0 aliphatic carbocycles. The number of rotatable bonds is 6. The number of ether oxygens (including phenoxy) is 1. The number of carbonyl (C=O) groups is 1. The van der Waals surface area contributed by atoms with Crippen molar-refractivity contribution < 1.29 is 9.53 Å². The van der Waals surface area contributed by atoms with E-state index in [0.29, 0.717) is 24.6 Å². The summed E-state index contributed by atoms with van der Waals surface area (Å²) in [5, 5.41) is 0. The predicted molar refractivity (Wildman–Crippen MR) is 66.4 cm³/mol. The number of aromatic amines is 1. The number of nitrogens with zero attached hydrogens (tertiary/aromatic N) is 1. The lowest BCUT2D eigenvalue weighted by Gasteiger charge is -2.04. The van der Waals surface area contributed by atoms with Crippen molar-refractivity contribution in [1.29, 1.82) is 0 Å². The Morgan fingerprint density at radius 2 is 2.35 bits per heavy atom. The van der Waals surface area contributed by atoms with Gasteiger partial charge in [0.1, 0.15) is 24.5 Å². The van der Waals surface area contributed by atoms with Crippen molar-refractivity contribution in [3.05, 3.63) is 41.7 Å². The third kappa shape index (κ3) is 4.26. The molecule has 0 aliphatic rings. The van der Waals surface area contributed by atoms with Crippen LogP contribution in [0.3, 0.4) is 0 Å². The quantitative estimate of drug-likeness (QED) is 0.356. The average Bonchev–Trinajstić information content (AvgIpc) is 2.75. The van der Waals surface area contributed by atoms with E-state index < -0.39 is 0 Å². The first-order chi connectivity index (χ1) is 8.17. The van der Waals surface area contributed by atoms with E-state index in [1.807, 2.05) is 13.0 Å². The van der Waals surface area contributed by atoms with Gasteiger partial charge in [-0.3, -0.25) is 4.79 Å². The number of H-pyrrole nitrogens is 1. The van der Waals surface area contributed by atoms with E-state index in [-0.39, 0.29) is 0 Å². The maximum absolute atomic E-state index is 10.4. The molecule has 0 unspecified atom stereocenters. The number of allylic oxidation sites excluding steroid dienone is 3. The Labute approximate surface area is 101 Å². The molecule has 1 aromatic rings. The van der Waals surface area contributed by atoms with E-state index in [4.69, 9.17) is 4.74 Å². The normalized spacial score (nSPS) is 12.4. The minimum Gasteiger partial charge on any atom is -0.487 e. The minimum absolute atomic E-state index is 0.365. The smallest absolute Gasteiger partial charge is 0.146 e. The van der Waals surface area contributed by atoms with Crippen LogP contribution in [0.4, 0.5) is 0 Å². The Morgan fingerprint density at radius 1 is 1.59 bits per heavy atom. The molecule has 1 N–H and O–H groups in total. The second-order valence-corrected chi connectivity index (χ2v) is 3.94. The van der Waals surface area contributed by atoms with Crippen LogP contribution >= 0.6 is 0 Å². The standard InChI is InChI=1S/C13H18N2O2/c1-4-5-12(6-7-16)17-9-11-8-14-13(15-11)10(2)3/h4-8,10H,9H2,1-3H3,(H,14,15)/b5-4-,12-6+. The topological polar surface area (TPSA) is 55.0 Å². The lowest BCUT2D eigenvalue weighted by Crippen LogP contribution is -1.94. The number of imidazole rings is 1. The van der Waals surface area contributed by atoms with E-state index in [1.54, 1.807) is 12.3 Å². The number of aromatic nitrogens is 2. The maximum Gasteiger partial charge on any atom is 0.146 e. The van der Waals surface area contributed by atoms with Crippen LogP contribution in [-0.2, 0) is 16.1 Å². The maximum atomic E-state index is 10.4. The number of hydrogen-bond acceptors (Lipinski definition) is 3. The van der Waals surface area contributed by atoms with Crippen LogP contribution in [0, 0.1) is 0 Å². The summed E-state index contributed by atoms with van der Waals surface area (Å²) < 4.78 is 5.47. The van der Waals surface area contributed by atoms with Gasteiger partial charge in [-0.25, -0.2) is 4.98 Å². The van der Waals surface area contributed by atoms with Crippen LogP contribution in [0.5, 0.6) is 0 Å². The zero-order chi connectivity index (χ0) is 12.7. The first-order valence-electron chi connectivity index (χ1n) is 5.62. The molecule has 4 nitrogen and oxygen atoms in total. The van der Waals surface area contributed by atoms with Gasteiger partial charge in [-0.15, -0.1) is 0 Å². The zero-order valence-electron chi connectivity index (χ0n) is 10.4. The molecular weight excluding hydrogens is 216 g/mol. The van der Waals surface area contributed by atoms with Crippen molar-refractivity contribution >= 4 is 6.29 Å².